The predicted octanol–water partition coefficient (Wildman–Crippen LogP) is 0.826. The molecule has 19 heavy (non-hydrogen) atoms. The van der Waals surface area contributed by atoms with E-state index in [9.17, 15) is 14.3 Å². The number of ether oxygens (including phenoxy) is 1. The molecule has 2 rings (SSSR count). The van der Waals surface area contributed by atoms with Gasteiger partial charge in [-0.25, -0.2) is 4.39 Å². The van der Waals surface area contributed by atoms with E-state index in [1.54, 1.807) is 0 Å². The molecule has 4 N–H and O–H groups in total. The summed E-state index contributed by atoms with van der Waals surface area (Å²) in [7, 11) is 0. The minimum Gasteiger partial charge on any atom is -0.508 e. The zero-order valence-corrected chi connectivity index (χ0v) is 10.4. The minimum atomic E-state index is -0.842. The summed E-state index contributed by atoms with van der Waals surface area (Å²) in [4.78, 5) is 11.4. The quantitative estimate of drug-likeness (QED) is 0.738. The van der Waals surface area contributed by atoms with Gasteiger partial charge in [-0.15, -0.1) is 0 Å². The molecule has 1 heterocycles. The molecule has 0 aliphatic carbocycles. The third kappa shape index (κ3) is 3.65. The first-order valence-corrected chi connectivity index (χ1v) is 6.20. The van der Waals surface area contributed by atoms with Crippen molar-refractivity contribution >= 4 is 5.91 Å². The van der Waals surface area contributed by atoms with E-state index < -0.39 is 17.8 Å². The van der Waals surface area contributed by atoms with Crippen LogP contribution in [0, 0.1) is 5.82 Å². The molecule has 5 nitrogen and oxygen atoms in total. The van der Waals surface area contributed by atoms with Crippen LogP contribution < -0.4 is 11.1 Å². The van der Waals surface area contributed by atoms with Crippen LogP contribution in [0.2, 0.25) is 0 Å². The lowest BCUT2D eigenvalue weighted by atomic mass is 10.1. The fraction of sp³-hybridized carbons (Fsp3) is 0.462. The van der Waals surface area contributed by atoms with Crippen molar-refractivity contribution in [1.82, 2.24) is 5.32 Å². The van der Waals surface area contributed by atoms with E-state index in [2.05, 4.69) is 5.32 Å². The van der Waals surface area contributed by atoms with E-state index in [0.29, 0.717) is 18.7 Å². The molecule has 1 aromatic carbocycles. The van der Waals surface area contributed by atoms with Crippen molar-refractivity contribution in [1.29, 1.82) is 0 Å². The molecule has 1 aliphatic rings. The minimum absolute atomic E-state index is 0.0454. The lowest BCUT2D eigenvalue weighted by Gasteiger charge is -2.18. The zero-order valence-electron chi connectivity index (χ0n) is 10.4. The number of halogens is 1. The summed E-state index contributed by atoms with van der Waals surface area (Å²) in [5.74, 6) is -1.47. The molecule has 1 aromatic rings. The number of nitrogens with two attached hydrogens (primary N) is 1. The van der Waals surface area contributed by atoms with E-state index in [-0.39, 0.29) is 11.9 Å². The Morgan fingerprint density at radius 2 is 2.37 bits per heavy atom. The number of phenols is 1. The number of carbonyl (C=O) groups is 1. The average Bonchev–Trinajstić information content (AvgIpc) is 2.80. The molecule has 1 amide bonds. The number of nitrogens with one attached hydrogen (secondary N) is 1. The van der Waals surface area contributed by atoms with Crippen LogP contribution in [0.5, 0.6) is 5.75 Å². The van der Waals surface area contributed by atoms with Gasteiger partial charge in [0, 0.05) is 19.2 Å². The van der Waals surface area contributed by atoms with Gasteiger partial charge in [-0.1, -0.05) is 0 Å². The maximum Gasteiger partial charge on any atom is 0.239 e. The highest BCUT2D eigenvalue weighted by Gasteiger charge is 2.22. The van der Waals surface area contributed by atoms with Gasteiger partial charge in [-0.05, 0) is 30.5 Å². The maximum atomic E-state index is 13.2. The third-order valence-electron chi connectivity index (χ3n) is 3.10. The van der Waals surface area contributed by atoms with Crippen molar-refractivity contribution in [3.63, 3.8) is 0 Å². The summed E-state index contributed by atoms with van der Waals surface area (Å²) in [5, 5.41) is 12.3. The van der Waals surface area contributed by atoms with Crippen LogP contribution in [0.3, 0.4) is 0 Å². The normalized spacial score (nSPS) is 20.4. The molecule has 2 unspecified atom stereocenters. The van der Waals surface area contributed by atoms with Crippen LogP contribution in [0.1, 0.15) is 24.4 Å². The highest BCUT2D eigenvalue weighted by Crippen LogP contribution is 2.21. The van der Waals surface area contributed by atoms with Gasteiger partial charge in [0.2, 0.25) is 5.91 Å². The smallest absolute Gasteiger partial charge is 0.239 e. The number of hydrogen-bond acceptors (Lipinski definition) is 4. The maximum absolute atomic E-state index is 13.2. The molecule has 1 saturated heterocycles. The van der Waals surface area contributed by atoms with Gasteiger partial charge in [-0.2, -0.15) is 0 Å². The SMILES string of the molecule is NC(=O)C(NCC1CCCO1)c1cc(O)cc(F)c1. The van der Waals surface area contributed by atoms with Crippen LogP contribution in [-0.4, -0.2) is 30.3 Å². The number of amides is 1. The van der Waals surface area contributed by atoms with Crippen LogP contribution in [0.15, 0.2) is 18.2 Å². The first-order valence-electron chi connectivity index (χ1n) is 6.20. The molecule has 2 atom stereocenters. The van der Waals surface area contributed by atoms with Crippen molar-refractivity contribution in [2.24, 2.45) is 5.73 Å². The number of rotatable bonds is 5. The second-order valence-electron chi connectivity index (χ2n) is 4.62. The largest absolute Gasteiger partial charge is 0.508 e. The van der Waals surface area contributed by atoms with Crippen molar-refractivity contribution in [2.75, 3.05) is 13.2 Å². The number of phenolic OH excluding ortho intramolecular Hbond substituents is 1. The predicted molar refractivity (Wildman–Crippen MR) is 67.0 cm³/mol. The summed E-state index contributed by atoms with van der Waals surface area (Å²) in [6.45, 7) is 1.18. The van der Waals surface area contributed by atoms with Gasteiger partial charge in [0.15, 0.2) is 0 Å². The monoisotopic (exact) mass is 268 g/mol. The number of benzene rings is 1. The van der Waals surface area contributed by atoms with E-state index >= 15 is 0 Å². The molecule has 1 fully saturated rings. The molecule has 1 aliphatic heterocycles. The van der Waals surface area contributed by atoms with Gasteiger partial charge in [-0.3, -0.25) is 10.1 Å². The fourth-order valence-electron chi connectivity index (χ4n) is 2.20. The number of hydrogen-bond donors (Lipinski definition) is 3. The van der Waals surface area contributed by atoms with Gasteiger partial charge in [0.25, 0.3) is 0 Å². The summed E-state index contributed by atoms with van der Waals surface area (Å²) >= 11 is 0. The standard InChI is InChI=1S/C13H17FN2O3/c14-9-4-8(5-10(17)6-9)12(13(15)18)16-7-11-2-1-3-19-11/h4-6,11-12,16-17H,1-3,7H2,(H2,15,18). The van der Waals surface area contributed by atoms with Gasteiger partial charge in [0.05, 0.1) is 6.10 Å². The van der Waals surface area contributed by atoms with Gasteiger partial charge >= 0.3 is 0 Å². The molecular weight excluding hydrogens is 251 g/mol. The Hall–Kier alpha value is -1.66. The number of carbonyl (C=O) groups excluding carboxylic acids is 1. The molecule has 0 spiro atoms. The second kappa shape index (κ2) is 5.99. The first-order chi connectivity index (χ1) is 9.06. The topological polar surface area (TPSA) is 84.6 Å². The molecular formula is C13H17FN2O3. The molecule has 0 aromatic heterocycles. The zero-order chi connectivity index (χ0) is 13.8. The highest BCUT2D eigenvalue weighted by atomic mass is 19.1. The molecule has 104 valence electrons. The fourth-order valence-corrected chi connectivity index (χ4v) is 2.20. The van der Waals surface area contributed by atoms with Crippen molar-refractivity contribution < 1.29 is 19.0 Å². The Balaban J connectivity index is 2.07. The first kappa shape index (κ1) is 13.8. The van der Waals surface area contributed by atoms with E-state index in [1.165, 1.54) is 12.1 Å². The molecule has 0 radical (unpaired) electrons. The summed E-state index contributed by atoms with van der Waals surface area (Å²) in [6.07, 6.45) is 1.96. The molecule has 0 saturated carbocycles. The van der Waals surface area contributed by atoms with Crippen molar-refractivity contribution in [3.05, 3.63) is 29.6 Å². The van der Waals surface area contributed by atoms with Crippen LogP contribution in [0.4, 0.5) is 4.39 Å². The highest BCUT2D eigenvalue weighted by molar-refractivity contribution is 5.81. The van der Waals surface area contributed by atoms with Gasteiger partial charge in [0.1, 0.15) is 17.6 Å². The van der Waals surface area contributed by atoms with Crippen LogP contribution >= 0.6 is 0 Å². The Kier molecular flexibility index (Phi) is 4.34. The van der Waals surface area contributed by atoms with Crippen LogP contribution in [-0.2, 0) is 9.53 Å². The van der Waals surface area contributed by atoms with E-state index in [1.807, 2.05) is 0 Å². The van der Waals surface area contributed by atoms with E-state index in [4.69, 9.17) is 10.5 Å². The Morgan fingerprint density at radius 1 is 1.58 bits per heavy atom. The molecule has 0 bridgehead atoms. The Labute approximate surface area is 110 Å². The lowest BCUT2D eigenvalue weighted by Crippen LogP contribution is -2.37. The van der Waals surface area contributed by atoms with Crippen LogP contribution in [0.25, 0.3) is 0 Å². The Morgan fingerprint density at radius 3 is 2.95 bits per heavy atom. The number of primary amides is 1. The third-order valence-corrected chi connectivity index (χ3v) is 3.10. The summed E-state index contributed by atoms with van der Waals surface area (Å²) in [5.41, 5.74) is 5.62. The second-order valence-corrected chi connectivity index (χ2v) is 4.62. The van der Waals surface area contributed by atoms with Crippen molar-refractivity contribution in [3.8, 4) is 5.75 Å². The summed E-state index contributed by atoms with van der Waals surface area (Å²) in [6, 6.07) is 2.63. The Bertz CT molecular complexity index is 441. The average molecular weight is 268 g/mol. The van der Waals surface area contributed by atoms with E-state index in [0.717, 1.165) is 18.9 Å². The van der Waals surface area contributed by atoms with Gasteiger partial charge < -0.3 is 15.6 Å². The lowest BCUT2D eigenvalue weighted by molar-refractivity contribution is -0.120. The number of aromatic hydroxyl groups is 1. The van der Waals surface area contributed by atoms with Crippen molar-refractivity contribution in [2.45, 2.75) is 25.0 Å². The summed E-state index contributed by atoms with van der Waals surface area (Å²) < 4.78 is 18.7. The molecule has 6 heteroatoms.